The molecule has 0 spiro atoms. The molecule has 0 aliphatic rings. The summed E-state index contributed by atoms with van der Waals surface area (Å²) < 4.78 is 7.40. The van der Waals surface area contributed by atoms with Crippen molar-refractivity contribution in [1.29, 1.82) is 0 Å². The first-order valence-electron chi connectivity index (χ1n) is 10.2. The molecule has 0 radical (unpaired) electrons. The van der Waals surface area contributed by atoms with Gasteiger partial charge in [-0.3, -0.25) is 14.9 Å². The Bertz CT molecular complexity index is 1320. The molecular formula is C25H21N3O4S. The second kappa shape index (κ2) is 9.70. The number of esters is 1. The Morgan fingerprint density at radius 3 is 2.48 bits per heavy atom. The molecule has 3 aromatic carbocycles. The Hall–Kier alpha value is -3.91. The molecule has 0 saturated carbocycles. The largest absolute Gasteiger partial charge is 0.406 e. The molecule has 0 saturated heterocycles. The summed E-state index contributed by atoms with van der Waals surface area (Å²) in [5.41, 5.74) is 3.19. The van der Waals surface area contributed by atoms with E-state index in [2.05, 4.69) is 5.10 Å². The van der Waals surface area contributed by atoms with Crippen LogP contribution in [0.25, 0.3) is 5.69 Å². The highest BCUT2D eigenvalue weighted by atomic mass is 32.2. The smallest absolute Gasteiger partial charge is 0.317 e. The van der Waals surface area contributed by atoms with Crippen molar-refractivity contribution in [2.45, 2.75) is 30.1 Å². The summed E-state index contributed by atoms with van der Waals surface area (Å²) in [6, 6.07) is 23.4. The van der Waals surface area contributed by atoms with E-state index in [1.165, 1.54) is 6.07 Å². The molecular weight excluding hydrogens is 438 g/mol. The van der Waals surface area contributed by atoms with E-state index in [1.807, 2.05) is 61.5 Å². The molecule has 4 aromatic rings. The molecule has 0 aliphatic heterocycles. The van der Waals surface area contributed by atoms with E-state index in [1.54, 1.807) is 29.8 Å². The van der Waals surface area contributed by atoms with E-state index in [9.17, 15) is 14.9 Å². The van der Waals surface area contributed by atoms with Crippen LogP contribution in [0.3, 0.4) is 0 Å². The van der Waals surface area contributed by atoms with E-state index in [-0.39, 0.29) is 18.0 Å². The maximum absolute atomic E-state index is 12.9. The molecule has 33 heavy (non-hydrogen) atoms. The number of hydrogen-bond donors (Lipinski definition) is 0. The van der Waals surface area contributed by atoms with Gasteiger partial charge in [0.05, 0.1) is 32.5 Å². The van der Waals surface area contributed by atoms with Crippen LogP contribution < -0.4 is 4.74 Å². The zero-order valence-corrected chi connectivity index (χ0v) is 18.9. The molecule has 1 aromatic heterocycles. The number of benzene rings is 3. The molecule has 0 atom stereocenters. The Morgan fingerprint density at radius 1 is 1.03 bits per heavy atom. The lowest BCUT2D eigenvalue weighted by Gasteiger charge is -2.10. The summed E-state index contributed by atoms with van der Waals surface area (Å²) >= 11 is 1.16. The molecule has 0 bridgehead atoms. The number of aromatic nitrogens is 2. The van der Waals surface area contributed by atoms with Crippen molar-refractivity contribution in [3.8, 4) is 11.6 Å². The lowest BCUT2D eigenvalue weighted by atomic mass is 10.1. The predicted octanol–water partition coefficient (Wildman–Crippen LogP) is 5.70. The van der Waals surface area contributed by atoms with Crippen LogP contribution in [0.15, 0.2) is 88.7 Å². The predicted molar refractivity (Wildman–Crippen MR) is 126 cm³/mol. The summed E-state index contributed by atoms with van der Waals surface area (Å²) in [6.45, 7) is 3.75. The van der Waals surface area contributed by atoms with Crippen molar-refractivity contribution in [3.05, 3.63) is 106 Å². The first kappa shape index (κ1) is 22.3. The number of carbonyl (C=O) groups is 1. The number of nitrogens with zero attached hydrogens (tertiary/aromatic N) is 3. The van der Waals surface area contributed by atoms with Crippen LogP contribution in [-0.4, -0.2) is 20.7 Å². The number of aryl methyl sites for hydroxylation is 2. The zero-order valence-electron chi connectivity index (χ0n) is 18.1. The minimum absolute atomic E-state index is 0.0219. The van der Waals surface area contributed by atoms with Crippen molar-refractivity contribution < 1.29 is 14.5 Å². The highest BCUT2D eigenvalue weighted by Gasteiger charge is 2.24. The summed E-state index contributed by atoms with van der Waals surface area (Å²) in [6.07, 6.45) is 0.0935. The minimum atomic E-state index is -0.443. The number of hydrogen-bond acceptors (Lipinski definition) is 6. The maximum atomic E-state index is 12.9. The van der Waals surface area contributed by atoms with Crippen LogP contribution in [0.5, 0.6) is 5.88 Å². The van der Waals surface area contributed by atoms with Gasteiger partial charge in [0.1, 0.15) is 0 Å². The van der Waals surface area contributed by atoms with Gasteiger partial charge in [0.2, 0.25) is 5.88 Å². The fourth-order valence-electron chi connectivity index (χ4n) is 3.38. The third kappa shape index (κ3) is 5.12. The average molecular weight is 460 g/mol. The molecule has 1 heterocycles. The lowest BCUT2D eigenvalue weighted by molar-refractivity contribution is -0.387. The zero-order chi connectivity index (χ0) is 23.4. The second-order valence-electron chi connectivity index (χ2n) is 7.43. The van der Waals surface area contributed by atoms with Crippen LogP contribution in [0.1, 0.15) is 16.8 Å². The highest BCUT2D eigenvalue weighted by Crippen LogP contribution is 2.42. The second-order valence-corrected chi connectivity index (χ2v) is 8.49. The molecule has 0 amide bonds. The summed E-state index contributed by atoms with van der Waals surface area (Å²) in [5.74, 6) is -0.207. The van der Waals surface area contributed by atoms with Crippen molar-refractivity contribution >= 4 is 23.4 Å². The van der Waals surface area contributed by atoms with E-state index in [0.717, 1.165) is 22.9 Å². The normalized spacial score (nSPS) is 10.7. The first-order valence-corrected chi connectivity index (χ1v) is 11.1. The lowest BCUT2D eigenvalue weighted by Crippen LogP contribution is -2.14. The Morgan fingerprint density at radius 2 is 1.76 bits per heavy atom. The molecule has 0 fully saturated rings. The summed E-state index contributed by atoms with van der Waals surface area (Å²) in [4.78, 5) is 24.9. The number of carbonyl (C=O) groups excluding carboxylic acids is 1. The monoisotopic (exact) mass is 459 g/mol. The van der Waals surface area contributed by atoms with Crippen molar-refractivity contribution in [1.82, 2.24) is 9.78 Å². The number of nitro benzene ring substituents is 1. The van der Waals surface area contributed by atoms with Gasteiger partial charge in [-0.15, -0.1) is 0 Å². The standard InChI is InChI=1S/C25H21N3O4S/c1-17-9-8-10-19(15-17)16-23(29)32-25-24(33-22-14-7-6-13-21(22)28(30)31)18(2)26-27(25)20-11-4-3-5-12-20/h3-15H,16H2,1-2H3. The fraction of sp³-hybridized carbons (Fsp3) is 0.120. The van der Waals surface area contributed by atoms with Gasteiger partial charge in [0, 0.05) is 6.07 Å². The quantitative estimate of drug-likeness (QED) is 0.200. The van der Waals surface area contributed by atoms with Crippen molar-refractivity contribution in [3.63, 3.8) is 0 Å². The van der Waals surface area contributed by atoms with Crippen LogP contribution >= 0.6 is 11.8 Å². The highest BCUT2D eigenvalue weighted by molar-refractivity contribution is 7.99. The van der Waals surface area contributed by atoms with E-state index < -0.39 is 10.9 Å². The van der Waals surface area contributed by atoms with Crippen LogP contribution in [0.2, 0.25) is 0 Å². The van der Waals surface area contributed by atoms with Crippen LogP contribution in [0.4, 0.5) is 5.69 Å². The molecule has 7 nitrogen and oxygen atoms in total. The summed E-state index contributed by atoms with van der Waals surface area (Å²) in [5, 5.41) is 16.1. The maximum Gasteiger partial charge on any atom is 0.317 e. The Kier molecular flexibility index (Phi) is 6.55. The number of ether oxygens (including phenoxy) is 1. The average Bonchev–Trinajstić information content (AvgIpc) is 3.09. The molecule has 4 rings (SSSR count). The van der Waals surface area contributed by atoms with Gasteiger partial charge in [-0.2, -0.15) is 9.78 Å². The SMILES string of the molecule is Cc1cccc(CC(=O)Oc2c(Sc3ccccc3[N+](=O)[O-])c(C)nn2-c2ccccc2)c1. The van der Waals surface area contributed by atoms with Gasteiger partial charge in [-0.05, 0) is 37.6 Å². The fourth-order valence-corrected chi connectivity index (χ4v) is 4.40. The van der Waals surface area contributed by atoms with E-state index in [0.29, 0.717) is 21.2 Å². The van der Waals surface area contributed by atoms with Gasteiger partial charge >= 0.3 is 5.97 Å². The van der Waals surface area contributed by atoms with Gasteiger partial charge in [0.15, 0.2) is 0 Å². The number of para-hydroxylation sites is 2. The summed E-state index contributed by atoms with van der Waals surface area (Å²) in [7, 11) is 0. The van der Waals surface area contributed by atoms with Gasteiger partial charge in [-0.25, -0.2) is 0 Å². The van der Waals surface area contributed by atoms with Crippen molar-refractivity contribution in [2.24, 2.45) is 0 Å². The van der Waals surface area contributed by atoms with Crippen molar-refractivity contribution in [2.75, 3.05) is 0 Å². The van der Waals surface area contributed by atoms with Gasteiger partial charge in [0.25, 0.3) is 5.69 Å². The van der Waals surface area contributed by atoms with E-state index >= 15 is 0 Å². The van der Waals surface area contributed by atoms with E-state index in [4.69, 9.17) is 4.74 Å². The van der Waals surface area contributed by atoms with Gasteiger partial charge in [-0.1, -0.05) is 71.9 Å². The minimum Gasteiger partial charge on any atom is -0.406 e. The first-order chi connectivity index (χ1) is 15.9. The van der Waals surface area contributed by atoms with Crippen LogP contribution in [-0.2, 0) is 11.2 Å². The topological polar surface area (TPSA) is 87.3 Å². The Balaban J connectivity index is 1.73. The molecule has 166 valence electrons. The molecule has 8 heteroatoms. The Labute approximate surface area is 195 Å². The number of nitro groups is 1. The molecule has 0 aliphatic carbocycles. The number of rotatable bonds is 7. The third-order valence-electron chi connectivity index (χ3n) is 4.88. The molecule has 0 unspecified atom stereocenters. The third-order valence-corrected chi connectivity index (χ3v) is 6.12. The van der Waals surface area contributed by atoms with Gasteiger partial charge < -0.3 is 4.74 Å². The van der Waals surface area contributed by atoms with Crippen LogP contribution in [0, 0.1) is 24.0 Å². The molecule has 0 N–H and O–H groups in total.